The summed E-state index contributed by atoms with van der Waals surface area (Å²) in [5.74, 6) is 0. The summed E-state index contributed by atoms with van der Waals surface area (Å²) < 4.78 is 0. The average molecular weight is 395 g/mol. The van der Waals surface area contributed by atoms with Gasteiger partial charge in [-0.25, -0.2) is 0 Å². The van der Waals surface area contributed by atoms with Gasteiger partial charge >= 0.3 is 0 Å². The molecule has 0 aromatic heterocycles. The van der Waals surface area contributed by atoms with Crippen LogP contribution in [0.4, 0.5) is 0 Å². The van der Waals surface area contributed by atoms with Crippen molar-refractivity contribution < 1.29 is 0 Å². The zero-order chi connectivity index (χ0) is 16.1. The predicted octanol–water partition coefficient (Wildman–Crippen LogP) is 7.52. The molecular weight excluding hydrogens is 382 g/mol. The summed E-state index contributed by atoms with van der Waals surface area (Å²) in [6, 6.07) is 26.7. The Morgan fingerprint density at radius 3 is 1.43 bits per heavy atom. The minimum atomic E-state index is -0.480. The predicted molar refractivity (Wildman–Crippen MR) is 108 cm³/mol. The Morgan fingerprint density at radius 2 is 1.00 bits per heavy atom. The molecule has 3 rings (SSSR count). The Bertz CT molecular complexity index is 699. The van der Waals surface area contributed by atoms with Crippen molar-refractivity contribution in [3.8, 4) is 0 Å². The number of rotatable bonds is 5. The largest absolute Gasteiger partial charge is 0.0843 e. The second kappa shape index (κ2) is 8.46. The van der Waals surface area contributed by atoms with Crippen molar-refractivity contribution in [2.45, 2.75) is 9.79 Å². The lowest BCUT2D eigenvalue weighted by Gasteiger charge is -2.16. The van der Waals surface area contributed by atoms with Crippen LogP contribution in [-0.4, -0.2) is 0 Å². The molecule has 0 heterocycles. The molecule has 0 bridgehead atoms. The molecule has 0 aliphatic heterocycles. The van der Waals surface area contributed by atoms with Crippen LogP contribution >= 0.6 is 52.3 Å². The lowest BCUT2D eigenvalue weighted by atomic mass is 10.4. The summed E-state index contributed by atoms with van der Waals surface area (Å²) in [6.45, 7) is 0. The van der Waals surface area contributed by atoms with Crippen LogP contribution in [-0.2, 0) is 0 Å². The molecule has 0 atom stereocenters. The van der Waals surface area contributed by atoms with Crippen LogP contribution in [0.15, 0.2) is 88.7 Å². The maximum Gasteiger partial charge on any atom is 0.0539 e. The van der Waals surface area contributed by atoms with E-state index in [1.54, 1.807) is 0 Å². The van der Waals surface area contributed by atoms with Crippen LogP contribution in [0.3, 0.4) is 0 Å². The molecular formula is C18H13Cl2PS2. The Labute approximate surface area is 155 Å². The van der Waals surface area contributed by atoms with Gasteiger partial charge in [0, 0.05) is 19.8 Å². The first-order valence-corrected chi connectivity index (χ1v) is 11.9. The number of halogens is 2. The Kier molecular flexibility index (Phi) is 6.33. The van der Waals surface area contributed by atoms with Crippen LogP contribution in [0, 0.1) is 0 Å². The maximum absolute atomic E-state index is 5.99. The summed E-state index contributed by atoms with van der Waals surface area (Å²) in [5.41, 5.74) is 0. The van der Waals surface area contributed by atoms with Gasteiger partial charge in [0.15, 0.2) is 0 Å². The molecule has 0 amide bonds. The van der Waals surface area contributed by atoms with E-state index in [0.717, 1.165) is 10.0 Å². The number of hydrogen-bond donors (Lipinski definition) is 0. The van der Waals surface area contributed by atoms with E-state index in [0.29, 0.717) is 0 Å². The minimum Gasteiger partial charge on any atom is -0.0843 e. The zero-order valence-electron chi connectivity index (χ0n) is 12.0. The van der Waals surface area contributed by atoms with Crippen molar-refractivity contribution in [2.75, 3.05) is 0 Å². The van der Waals surface area contributed by atoms with Gasteiger partial charge in [-0.15, -0.1) is 0 Å². The fourth-order valence-corrected chi connectivity index (χ4v) is 8.91. The lowest BCUT2D eigenvalue weighted by Crippen LogP contribution is -1.94. The number of benzene rings is 3. The molecule has 0 aliphatic rings. The molecule has 0 nitrogen and oxygen atoms in total. The van der Waals surface area contributed by atoms with Gasteiger partial charge in [-0.1, -0.05) is 76.3 Å². The van der Waals surface area contributed by atoms with Gasteiger partial charge in [-0.3, -0.25) is 0 Å². The molecule has 5 heteroatoms. The topological polar surface area (TPSA) is 0 Å². The smallest absolute Gasteiger partial charge is 0.0539 e. The van der Waals surface area contributed by atoms with Crippen LogP contribution in [0.1, 0.15) is 0 Å². The molecule has 0 saturated carbocycles. The minimum absolute atomic E-state index is 0.480. The van der Waals surface area contributed by atoms with E-state index in [2.05, 4.69) is 54.6 Å². The third-order valence-corrected chi connectivity index (χ3v) is 10.4. The molecule has 116 valence electrons. The van der Waals surface area contributed by atoms with E-state index in [-0.39, 0.29) is 0 Å². The van der Waals surface area contributed by atoms with E-state index in [1.807, 2.05) is 47.0 Å². The van der Waals surface area contributed by atoms with Crippen molar-refractivity contribution in [1.82, 2.24) is 0 Å². The Hall–Kier alpha value is -0.630. The highest BCUT2D eigenvalue weighted by Gasteiger charge is 2.15. The molecule has 0 N–H and O–H groups in total. The van der Waals surface area contributed by atoms with Crippen molar-refractivity contribution >= 4 is 57.6 Å². The maximum atomic E-state index is 5.99. The summed E-state index contributed by atoms with van der Waals surface area (Å²) in [6.07, 6.45) is -0.480. The van der Waals surface area contributed by atoms with Crippen LogP contribution in [0.25, 0.3) is 0 Å². The highest BCUT2D eigenvalue weighted by atomic mass is 35.5. The summed E-state index contributed by atoms with van der Waals surface area (Å²) in [5, 5.41) is 2.88. The van der Waals surface area contributed by atoms with Crippen LogP contribution < -0.4 is 5.30 Å². The third-order valence-electron chi connectivity index (χ3n) is 2.97. The molecule has 0 unspecified atom stereocenters. The van der Waals surface area contributed by atoms with Gasteiger partial charge in [0.25, 0.3) is 0 Å². The molecule has 3 aromatic carbocycles. The fraction of sp³-hybridized carbons (Fsp3) is 0. The SMILES string of the molecule is Clc1ccc(SP(Sc2ccc(Cl)cc2)c2ccccc2)cc1. The third kappa shape index (κ3) is 5.17. The van der Waals surface area contributed by atoms with E-state index >= 15 is 0 Å². The average Bonchev–Trinajstić information content (AvgIpc) is 2.59. The molecule has 3 aromatic rings. The summed E-state index contributed by atoms with van der Waals surface area (Å²) in [7, 11) is 0. The van der Waals surface area contributed by atoms with Crippen molar-refractivity contribution in [1.29, 1.82) is 0 Å². The van der Waals surface area contributed by atoms with E-state index < -0.39 is 6.33 Å². The fourth-order valence-electron chi connectivity index (χ4n) is 1.86. The zero-order valence-corrected chi connectivity index (χ0v) is 16.1. The summed E-state index contributed by atoms with van der Waals surface area (Å²) in [4.78, 5) is 2.46. The van der Waals surface area contributed by atoms with Gasteiger partial charge in [0.2, 0.25) is 0 Å². The molecule has 0 aliphatic carbocycles. The van der Waals surface area contributed by atoms with Gasteiger partial charge in [-0.2, -0.15) is 0 Å². The lowest BCUT2D eigenvalue weighted by molar-refractivity contribution is 1.47. The van der Waals surface area contributed by atoms with Crippen molar-refractivity contribution in [3.05, 3.63) is 88.9 Å². The molecule has 0 fully saturated rings. The molecule has 0 radical (unpaired) electrons. The van der Waals surface area contributed by atoms with Crippen molar-refractivity contribution in [3.63, 3.8) is 0 Å². The van der Waals surface area contributed by atoms with Crippen LogP contribution in [0.5, 0.6) is 0 Å². The van der Waals surface area contributed by atoms with Gasteiger partial charge in [0.1, 0.15) is 0 Å². The molecule has 0 spiro atoms. The Balaban J connectivity index is 1.84. The second-order valence-electron chi connectivity index (χ2n) is 4.68. The molecule has 0 saturated heterocycles. The van der Waals surface area contributed by atoms with Crippen LogP contribution in [0.2, 0.25) is 10.0 Å². The number of hydrogen-bond acceptors (Lipinski definition) is 2. The van der Waals surface area contributed by atoms with Gasteiger partial charge < -0.3 is 0 Å². The summed E-state index contributed by atoms with van der Waals surface area (Å²) >= 11 is 15.7. The normalized spacial score (nSPS) is 10.9. The Morgan fingerprint density at radius 1 is 0.565 bits per heavy atom. The standard InChI is InChI=1S/C18H13Cl2PS2/c19-14-6-10-17(11-7-14)22-21(16-4-2-1-3-5-16)23-18-12-8-15(20)9-13-18/h1-13H. The highest BCUT2D eigenvalue weighted by molar-refractivity contribution is 8.90. The van der Waals surface area contributed by atoms with E-state index in [1.165, 1.54) is 15.1 Å². The second-order valence-corrected chi connectivity index (χ2v) is 11.9. The first-order valence-electron chi connectivity index (χ1n) is 6.93. The quantitative estimate of drug-likeness (QED) is 0.410. The van der Waals surface area contributed by atoms with Crippen molar-refractivity contribution in [2.24, 2.45) is 0 Å². The van der Waals surface area contributed by atoms with E-state index in [9.17, 15) is 0 Å². The van der Waals surface area contributed by atoms with Gasteiger partial charge in [0.05, 0.1) is 6.33 Å². The highest BCUT2D eigenvalue weighted by Crippen LogP contribution is 2.65. The first kappa shape index (κ1) is 17.2. The monoisotopic (exact) mass is 394 g/mol. The molecule has 23 heavy (non-hydrogen) atoms. The first-order chi connectivity index (χ1) is 11.2. The van der Waals surface area contributed by atoms with E-state index in [4.69, 9.17) is 23.2 Å². The van der Waals surface area contributed by atoms with Gasteiger partial charge in [-0.05, 0) is 53.8 Å².